The van der Waals surface area contributed by atoms with Gasteiger partial charge in [0.2, 0.25) is 11.8 Å². The summed E-state index contributed by atoms with van der Waals surface area (Å²) in [5.41, 5.74) is 0.930. The van der Waals surface area contributed by atoms with Gasteiger partial charge in [0.25, 0.3) is 0 Å². The van der Waals surface area contributed by atoms with E-state index in [4.69, 9.17) is 4.74 Å². The molecular weight excluding hydrogens is 466 g/mol. The largest absolute Gasteiger partial charge is 0.444 e. The van der Waals surface area contributed by atoms with Gasteiger partial charge in [0, 0.05) is 13.1 Å². The van der Waals surface area contributed by atoms with Crippen molar-refractivity contribution in [3.8, 4) is 0 Å². The standard InChI is InChI=1S/C30H49N3O4/c1-7-10-12-13-14-16-21-33(26(34)23-32-29(36)37-30(4,5)6)27(28(35)31-20-15-11-8-2)25-19-17-18-24(9-3)22-25/h9,17-19,22,27H,3,7-8,10-16,20-21,23H2,1-2,4-6H3,(H,31,35)(H,32,36). The predicted molar refractivity (Wildman–Crippen MR) is 151 cm³/mol. The number of hydrogen-bond acceptors (Lipinski definition) is 4. The van der Waals surface area contributed by atoms with E-state index in [9.17, 15) is 14.4 Å². The van der Waals surface area contributed by atoms with Crippen molar-refractivity contribution >= 4 is 24.0 Å². The number of alkyl carbamates (subject to hydrolysis) is 1. The predicted octanol–water partition coefficient (Wildman–Crippen LogP) is 6.39. The van der Waals surface area contributed by atoms with Crippen molar-refractivity contribution in [2.75, 3.05) is 19.6 Å². The fourth-order valence-electron chi connectivity index (χ4n) is 4.04. The smallest absolute Gasteiger partial charge is 0.408 e. The van der Waals surface area contributed by atoms with Crippen molar-refractivity contribution in [2.24, 2.45) is 0 Å². The molecule has 0 aliphatic heterocycles. The van der Waals surface area contributed by atoms with Crippen LogP contribution >= 0.6 is 0 Å². The van der Waals surface area contributed by atoms with Crippen molar-refractivity contribution in [3.05, 3.63) is 42.0 Å². The number of carbonyl (C=O) groups excluding carboxylic acids is 3. The van der Waals surface area contributed by atoms with Gasteiger partial charge in [-0.2, -0.15) is 0 Å². The van der Waals surface area contributed by atoms with Crippen LogP contribution in [0.2, 0.25) is 0 Å². The third-order valence-electron chi connectivity index (χ3n) is 5.96. The Labute approximate surface area is 224 Å². The molecule has 208 valence electrons. The van der Waals surface area contributed by atoms with E-state index in [1.807, 2.05) is 24.3 Å². The highest BCUT2D eigenvalue weighted by Gasteiger charge is 2.31. The lowest BCUT2D eigenvalue weighted by Crippen LogP contribution is -2.48. The van der Waals surface area contributed by atoms with Gasteiger partial charge in [-0.3, -0.25) is 9.59 Å². The molecule has 0 fully saturated rings. The molecule has 1 rings (SSSR count). The maximum absolute atomic E-state index is 13.5. The number of hydrogen-bond donors (Lipinski definition) is 2. The molecule has 0 aliphatic rings. The molecule has 0 aromatic heterocycles. The first-order valence-electron chi connectivity index (χ1n) is 13.9. The van der Waals surface area contributed by atoms with Crippen LogP contribution in [-0.4, -0.2) is 48.0 Å². The Bertz CT molecular complexity index is 847. The van der Waals surface area contributed by atoms with Gasteiger partial charge in [-0.15, -0.1) is 0 Å². The minimum absolute atomic E-state index is 0.214. The first-order valence-corrected chi connectivity index (χ1v) is 13.9. The zero-order valence-electron chi connectivity index (χ0n) is 23.7. The summed E-state index contributed by atoms with van der Waals surface area (Å²) in [6, 6.07) is 6.75. The summed E-state index contributed by atoms with van der Waals surface area (Å²) in [5, 5.41) is 5.60. The van der Waals surface area contributed by atoms with Gasteiger partial charge in [0.1, 0.15) is 18.2 Å². The zero-order valence-corrected chi connectivity index (χ0v) is 23.7. The lowest BCUT2D eigenvalue weighted by atomic mass is 10.0. The third-order valence-corrected chi connectivity index (χ3v) is 5.96. The maximum Gasteiger partial charge on any atom is 0.408 e. The average Bonchev–Trinajstić information content (AvgIpc) is 2.85. The molecule has 1 aromatic rings. The normalized spacial score (nSPS) is 11.9. The molecule has 2 N–H and O–H groups in total. The van der Waals surface area contributed by atoms with Crippen LogP contribution in [0.1, 0.15) is 110 Å². The van der Waals surface area contributed by atoms with Crippen molar-refractivity contribution in [1.82, 2.24) is 15.5 Å². The molecule has 0 saturated carbocycles. The summed E-state index contributed by atoms with van der Waals surface area (Å²) in [4.78, 5) is 40.8. The Morgan fingerprint density at radius 1 is 0.973 bits per heavy atom. The van der Waals surface area contributed by atoms with E-state index in [1.54, 1.807) is 31.7 Å². The van der Waals surface area contributed by atoms with Crippen LogP contribution in [0, 0.1) is 0 Å². The second kappa shape index (κ2) is 17.6. The fraction of sp³-hybridized carbons (Fsp3) is 0.633. The number of rotatable bonds is 17. The Morgan fingerprint density at radius 3 is 2.27 bits per heavy atom. The van der Waals surface area contributed by atoms with Crippen LogP contribution in [0.15, 0.2) is 30.8 Å². The van der Waals surface area contributed by atoms with Crippen molar-refractivity contribution in [2.45, 2.75) is 104 Å². The Morgan fingerprint density at radius 2 is 1.62 bits per heavy atom. The van der Waals surface area contributed by atoms with E-state index in [0.717, 1.165) is 56.1 Å². The molecule has 0 bridgehead atoms. The number of ether oxygens (including phenoxy) is 1. The van der Waals surface area contributed by atoms with Crippen LogP contribution in [0.4, 0.5) is 4.79 Å². The van der Waals surface area contributed by atoms with Crippen LogP contribution in [0.3, 0.4) is 0 Å². The van der Waals surface area contributed by atoms with E-state index in [0.29, 0.717) is 13.1 Å². The SMILES string of the molecule is C=Cc1cccc(C(C(=O)NCCCCC)N(CCCCCCCC)C(=O)CNC(=O)OC(C)(C)C)c1. The molecule has 1 aromatic carbocycles. The van der Waals surface area contributed by atoms with E-state index in [-0.39, 0.29) is 18.4 Å². The van der Waals surface area contributed by atoms with Gasteiger partial charge >= 0.3 is 6.09 Å². The molecule has 7 heteroatoms. The molecule has 0 radical (unpaired) electrons. The number of nitrogens with one attached hydrogen (secondary N) is 2. The monoisotopic (exact) mass is 515 g/mol. The van der Waals surface area contributed by atoms with Crippen molar-refractivity contribution in [1.29, 1.82) is 0 Å². The summed E-state index contributed by atoms with van der Waals surface area (Å²) in [6.07, 6.45) is 10.4. The van der Waals surface area contributed by atoms with Crippen LogP contribution < -0.4 is 10.6 Å². The molecule has 3 amide bonds. The zero-order chi connectivity index (χ0) is 27.7. The minimum Gasteiger partial charge on any atom is -0.444 e. The van der Waals surface area contributed by atoms with Crippen molar-refractivity contribution in [3.63, 3.8) is 0 Å². The highest BCUT2D eigenvalue weighted by molar-refractivity contribution is 5.90. The molecule has 1 atom stereocenters. The lowest BCUT2D eigenvalue weighted by molar-refractivity contribution is -0.140. The number of unbranched alkanes of at least 4 members (excludes halogenated alkanes) is 7. The molecule has 0 aliphatic carbocycles. The molecule has 1 unspecified atom stereocenters. The first-order chi connectivity index (χ1) is 17.6. The van der Waals surface area contributed by atoms with Gasteiger partial charge in [0.05, 0.1) is 0 Å². The van der Waals surface area contributed by atoms with Crippen LogP contribution in [0.25, 0.3) is 6.08 Å². The summed E-state index contributed by atoms with van der Waals surface area (Å²) < 4.78 is 5.29. The Hall–Kier alpha value is -2.83. The first kappa shape index (κ1) is 32.2. The average molecular weight is 516 g/mol. The molecular formula is C30H49N3O4. The van der Waals surface area contributed by atoms with E-state index < -0.39 is 17.7 Å². The quantitative estimate of drug-likeness (QED) is 0.235. The van der Waals surface area contributed by atoms with Crippen molar-refractivity contribution < 1.29 is 19.1 Å². The van der Waals surface area contributed by atoms with Crippen LogP contribution in [-0.2, 0) is 14.3 Å². The molecule has 0 spiro atoms. The van der Waals surface area contributed by atoms with E-state index in [1.165, 1.54) is 12.8 Å². The van der Waals surface area contributed by atoms with Gasteiger partial charge in [-0.05, 0) is 50.8 Å². The third kappa shape index (κ3) is 13.3. The molecule has 0 heterocycles. The molecule has 0 saturated heterocycles. The highest BCUT2D eigenvalue weighted by atomic mass is 16.6. The summed E-state index contributed by atoms with van der Waals surface area (Å²) in [7, 11) is 0. The lowest BCUT2D eigenvalue weighted by Gasteiger charge is -2.32. The van der Waals surface area contributed by atoms with Gasteiger partial charge in [-0.25, -0.2) is 4.79 Å². The minimum atomic E-state index is -0.801. The molecule has 7 nitrogen and oxygen atoms in total. The Balaban J connectivity index is 3.16. The number of amides is 3. The number of nitrogens with zero attached hydrogens (tertiary/aromatic N) is 1. The second-order valence-corrected chi connectivity index (χ2v) is 10.5. The molecule has 37 heavy (non-hydrogen) atoms. The van der Waals surface area contributed by atoms with E-state index in [2.05, 4.69) is 31.1 Å². The topological polar surface area (TPSA) is 87.7 Å². The van der Waals surface area contributed by atoms with Gasteiger partial charge < -0.3 is 20.3 Å². The summed E-state index contributed by atoms with van der Waals surface area (Å²) >= 11 is 0. The highest BCUT2D eigenvalue weighted by Crippen LogP contribution is 2.24. The number of benzene rings is 1. The van der Waals surface area contributed by atoms with Gasteiger partial charge in [0.15, 0.2) is 0 Å². The maximum atomic E-state index is 13.5. The Kier molecular flexibility index (Phi) is 15.3. The van der Waals surface area contributed by atoms with Gasteiger partial charge in [-0.1, -0.05) is 89.6 Å². The second-order valence-electron chi connectivity index (χ2n) is 10.5. The summed E-state index contributed by atoms with van der Waals surface area (Å²) in [6.45, 7) is 14.2. The van der Waals surface area contributed by atoms with E-state index >= 15 is 0 Å². The van der Waals surface area contributed by atoms with Crippen LogP contribution in [0.5, 0.6) is 0 Å². The fourth-order valence-corrected chi connectivity index (χ4v) is 4.04. The number of carbonyl (C=O) groups is 3. The summed E-state index contributed by atoms with van der Waals surface area (Å²) in [5.74, 6) is -0.536.